The molecule has 0 radical (unpaired) electrons. The van der Waals surface area contributed by atoms with Gasteiger partial charge in [0.2, 0.25) is 0 Å². The van der Waals surface area contributed by atoms with Crippen molar-refractivity contribution in [3.8, 4) is 0 Å². The highest BCUT2D eigenvalue weighted by molar-refractivity contribution is 4.98. The van der Waals surface area contributed by atoms with Crippen LogP contribution in [-0.2, 0) is 0 Å². The van der Waals surface area contributed by atoms with Crippen molar-refractivity contribution >= 4 is 0 Å². The molecule has 0 heterocycles. The highest BCUT2D eigenvalue weighted by Crippen LogP contribution is 1.69. The molecule has 0 aromatic heterocycles. The van der Waals surface area contributed by atoms with Crippen molar-refractivity contribution in [2.45, 2.75) is 0 Å². The van der Waals surface area contributed by atoms with Gasteiger partial charge in [-0.2, -0.15) is 0 Å². The van der Waals surface area contributed by atoms with Gasteiger partial charge in [-0.25, -0.2) is 0 Å². The smallest absolute Gasteiger partial charge is 0.0140 e. The van der Waals surface area contributed by atoms with Gasteiger partial charge in [0, 0.05) is 13.1 Å². The summed E-state index contributed by atoms with van der Waals surface area (Å²) in [4.78, 5) is 0. The van der Waals surface area contributed by atoms with Gasteiger partial charge in [-0.15, -0.1) is 6.58 Å². The maximum atomic E-state index is 3.57. The van der Waals surface area contributed by atoms with Crippen LogP contribution < -0.4 is 5.32 Å². The summed E-state index contributed by atoms with van der Waals surface area (Å²) in [7, 11) is 0. The Morgan fingerprint density at radius 2 is 2.00 bits per heavy atom. The van der Waals surface area contributed by atoms with Crippen LogP contribution in [0.2, 0.25) is 0 Å². The Hall–Kier alpha value is -0.820. The van der Waals surface area contributed by atoms with Crippen LogP contribution in [0.1, 0.15) is 0 Å². The number of rotatable bonds is 5. The van der Waals surface area contributed by atoms with E-state index in [9.17, 15) is 0 Å². The van der Waals surface area contributed by atoms with Gasteiger partial charge in [0.1, 0.15) is 0 Å². The van der Waals surface area contributed by atoms with Crippen LogP contribution in [0, 0.1) is 0 Å². The maximum absolute atomic E-state index is 3.57. The number of hydrogen-bond acceptors (Lipinski definition) is 1. The second-order valence-corrected chi connectivity index (χ2v) is 1.61. The van der Waals surface area contributed by atoms with E-state index < -0.39 is 0 Å². The molecule has 0 spiro atoms. The summed E-state index contributed by atoms with van der Waals surface area (Å²) in [6.45, 7) is 8.86. The van der Waals surface area contributed by atoms with Gasteiger partial charge >= 0.3 is 0 Å². The van der Waals surface area contributed by atoms with Crippen molar-refractivity contribution in [1.82, 2.24) is 5.32 Å². The van der Waals surface area contributed by atoms with Gasteiger partial charge in [0.05, 0.1) is 0 Å². The van der Waals surface area contributed by atoms with E-state index in [2.05, 4.69) is 18.5 Å². The minimum absolute atomic E-state index is 0.863. The molecule has 0 aromatic rings. The monoisotopic (exact) mass is 123 g/mol. The van der Waals surface area contributed by atoms with E-state index in [-0.39, 0.29) is 0 Å². The molecule has 0 aliphatic carbocycles. The van der Waals surface area contributed by atoms with Gasteiger partial charge in [0.25, 0.3) is 0 Å². The molecule has 0 saturated heterocycles. The molecule has 0 bridgehead atoms. The summed E-state index contributed by atoms with van der Waals surface area (Å²) < 4.78 is 0. The lowest BCUT2D eigenvalue weighted by molar-refractivity contribution is 0.844. The first kappa shape index (κ1) is 8.18. The molecular formula is C8H13N. The van der Waals surface area contributed by atoms with Crippen molar-refractivity contribution in [1.29, 1.82) is 0 Å². The molecule has 1 nitrogen and oxygen atoms in total. The van der Waals surface area contributed by atoms with Crippen molar-refractivity contribution in [2.24, 2.45) is 0 Å². The van der Waals surface area contributed by atoms with Crippen molar-refractivity contribution in [3.05, 3.63) is 37.5 Å². The predicted octanol–water partition coefficient (Wildman–Crippen LogP) is 1.50. The molecule has 0 aliphatic rings. The standard InChI is InChI=1S/C8H13N/c1-3-5-6-8-9-7-4-2/h3-6,9H,1-2,7-8H2/b6-5+. The highest BCUT2D eigenvalue weighted by atomic mass is 14.8. The van der Waals surface area contributed by atoms with Crippen LogP contribution in [0.3, 0.4) is 0 Å². The molecule has 0 fully saturated rings. The molecule has 0 saturated carbocycles. The molecule has 1 heteroatoms. The summed E-state index contributed by atoms with van der Waals surface area (Å²) in [6.07, 6.45) is 7.52. The van der Waals surface area contributed by atoms with Crippen LogP contribution in [0.4, 0.5) is 0 Å². The fourth-order valence-corrected chi connectivity index (χ4v) is 0.433. The Bertz CT molecular complexity index is 103. The first-order valence-electron chi connectivity index (χ1n) is 3.01. The minimum atomic E-state index is 0.863. The molecule has 50 valence electrons. The van der Waals surface area contributed by atoms with E-state index in [4.69, 9.17) is 0 Å². The van der Waals surface area contributed by atoms with E-state index >= 15 is 0 Å². The van der Waals surface area contributed by atoms with E-state index in [1.165, 1.54) is 0 Å². The lowest BCUT2D eigenvalue weighted by atomic mass is 10.5. The average Bonchev–Trinajstić information content (AvgIpc) is 1.89. The maximum Gasteiger partial charge on any atom is 0.0140 e. The molecule has 0 aromatic carbocycles. The Morgan fingerprint density at radius 1 is 1.22 bits per heavy atom. The number of hydrogen-bond donors (Lipinski definition) is 1. The van der Waals surface area contributed by atoms with E-state index in [1.807, 2.05) is 18.2 Å². The van der Waals surface area contributed by atoms with Gasteiger partial charge in [0.15, 0.2) is 0 Å². The quantitative estimate of drug-likeness (QED) is 0.332. The van der Waals surface area contributed by atoms with Gasteiger partial charge in [-0.3, -0.25) is 0 Å². The molecule has 1 N–H and O–H groups in total. The zero-order valence-electron chi connectivity index (χ0n) is 5.64. The normalized spacial score (nSPS) is 9.78. The molecular weight excluding hydrogens is 110 g/mol. The van der Waals surface area contributed by atoms with Crippen LogP contribution in [-0.4, -0.2) is 13.1 Å². The summed E-state index contributed by atoms with van der Waals surface area (Å²) in [5.74, 6) is 0. The number of allylic oxidation sites excluding steroid dienone is 2. The second-order valence-electron chi connectivity index (χ2n) is 1.61. The van der Waals surface area contributed by atoms with E-state index in [1.54, 1.807) is 6.08 Å². The van der Waals surface area contributed by atoms with Crippen molar-refractivity contribution in [2.75, 3.05) is 13.1 Å². The van der Waals surface area contributed by atoms with Crippen molar-refractivity contribution in [3.63, 3.8) is 0 Å². The molecule has 0 unspecified atom stereocenters. The van der Waals surface area contributed by atoms with Crippen LogP contribution in [0.5, 0.6) is 0 Å². The fourth-order valence-electron chi connectivity index (χ4n) is 0.433. The predicted molar refractivity (Wildman–Crippen MR) is 42.4 cm³/mol. The topological polar surface area (TPSA) is 12.0 Å². The largest absolute Gasteiger partial charge is 0.310 e. The van der Waals surface area contributed by atoms with Gasteiger partial charge in [-0.05, 0) is 0 Å². The van der Waals surface area contributed by atoms with E-state index in [0.717, 1.165) is 13.1 Å². The Kier molecular flexibility index (Phi) is 6.53. The second kappa shape index (κ2) is 7.18. The van der Waals surface area contributed by atoms with Crippen LogP contribution >= 0.6 is 0 Å². The van der Waals surface area contributed by atoms with Crippen LogP contribution in [0.15, 0.2) is 37.5 Å². The zero-order chi connectivity index (χ0) is 6.95. The summed E-state index contributed by atoms with van der Waals surface area (Å²) >= 11 is 0. The Morgan fingerprint density at radius 3 is 2.56 bits per heavy atom. The van der Waals surface area contributed by atoms with E-state index in [0.29, 0.717) is 0 Å². The molecule has 0 aliphatic heterocycles. The molecule has 9 heavy (non-hydrogen) atoms. The lowest BCUT2D eigenvalue weighted by Crippen LogP contribution is -2.12. The Balaban J connectivity index is 2.98. The van der Waals surface area contributed by atoms with Crippen LogP contribution in [0.25, 0.3) is 0 Å². The zero-order valence-corrected chi connectivity index (χ0v) is 5.64. The third-order valence-corrected chi connectivity index (χ3v) is 0.823. The summed E-state index contributed by atoms with van der Waals surface area (Å²) in [5.41, 5.74) is 0. The first-order valence-corrected chi connectivity index (χ1v) is 3.01. The van der Waals surface area contributed by atoms with Gasteiger partial charge in [-0.1, -0.05) is 30.9 Å². The third-order valence-electron chi connectivity index (χ3n) is 0.823. The lowest BCUT2D eigenvalue weighted by Gasteiger charge is -1.91. The first-order chi connectivity index (χ1) is 4.41. The highest BCUT2D eigenvalue weighted by Gasteiger charge is 1.72. The summed E-state index contributed by atoms with van der Waals surface area (Å²) in [5, 5.41) is 3.12. The summed E-state index contributed by atoms with van der Waals surface area (Å²) in [6, 6.07) is 0. The number of nitrogens with one attached hydrogen (secondary N) is 1. The fraction of sp³-hybridized carbons (Fsp3) is 0.250. The van der Waals surface area contributed by atoms with Crippen molar-refractivity contribution < 1.29 is 0 Å². The molecule has 0 amide bonds. The minimum Gasteiger partial charge on any atom is -0.310 e. The SMILES string of the molecule is C=C/C=C/CNCC=C. The van der Waals surface area contributed by atoms with Gasteiger partial charge < -0.3 is 5.32 Å². The third kappa shape index (κ3) is 7.18. The molecule has 0 rings (SSSR count). The Labute approximate surface area is 56.8 Å². The molecule has 0 atom stereocenters. The average molecular weight is 123 g/mol.